The Morgan fingerprint density at radius 1 is 1.23 bits per heavy atom. The van der Waals surface area contributed by atoms with Crippen molar-refractivity contribution in [2.45, 2.75) is 6.92 Å². The van der Waals surface area contributed by atoms with Gasteiger partial charge in [0.15, 0.2) is 11.5 Å². The lowest BCUT2D eigenvalue weighted by atomic mass is 10.1. The van der Waals surface area contributed by atoms with E-state index in [9.17, 15) is 14.4 Å². The second kappa shape index (κ2) is 9.50. The largest absolute Gasteiger partial charge is 0.493 e. The van der Waals surface area contributed by atoms with E-state index in [2.05, 4.69) is 16.6 Å². The van der Waals surface area contributed by atoms with Crippen LogP contribution in [0.3, 0.4) is 0 Å². The average molecular weight is 419 g/mol. The fourth-order valence-corrected chi connectivity index (χ4v) is 2.96. The van der Waals surface area contributed by atoms with Crippen molar-refractivity contribution in [1.29, 1.82) is 0 Å². The van der Waals surface area contributed by atoms with Crippen LogP contribution in [-0.2, 0) is 9.59 Å². The Morgan fingerprint density at radius 3 is 2.74 bits per heavy atom. The zero-order valence-corrected chi connectivity index (χ0v) is 17.1. The molecule has 0 unspecified atom stereocenters. The number of aryl methyl sites for hydroxylation is 1. The van der Waals surface area contributed by atoms with Gasteiger partial charge in [-0.1, -0.05) is 24.1 Å². The third-order valence-electron chi connectivity index (χ3n) is 4.38. The molecular formula is C23H21N3O5. The minimum Gasteiger partial charge on any atom is -0.493 e. The number of hydrogen-bond donors (Lipinski definition) is 2. The first kappa shape index (κ1) is 21.5. The van der Waals surface area contributed by atoms with Crippen molar-refractivity contribution in [2.24, 2.45) is 0 Å². The number of hydrogen-bond acceptors (Lipinski definition) is 5. The number of nitrogens with one attached hydrogen (secondary N) is 2. The van der Waals surface area contributed by atoms with Gasteiger partial charge in [-0.15, -0.1) is 6.42 Å². The molecule has 31 heavy (non-hydrogen) atoms. The van der Waals surface area contributed by atoms with E-state index in [1.54, 1.807) is 36.4 Å². The summed E-state index contributed by atoms with van der Waals surface area (Å²) in [7, 11) is 1.48. The molecule has 3 rings (SSSR count). The zero-order valence-electron chi connectivity index (χ0n) is 17.1. The van der Waals surface area contributed by atoms with E-state index >= 15 is 0 Å². The Labute approximate surface area is 179 Å². The van der Waals surface area contributed by atoms with Gasteiger partial charge in [0.25, 0.3) is 5.91 Å². The van der Waals surface area contributed by atoms with Gasteiger partial charge >= 0.3 is 6.03 Å². The van der Waals surface area contributed by atoms with Gasteiger partial charge in [-0.3, -0.25) is 9.59 Å². The highest BCUT2D eigenvalue weighted by Gasteiger charge is 2.35. The van der Waals surface area contributed by atoms with Crippen molar-refractivity contribution in [3.63, 3.8) is 0 Å². The van der Waals surface area contributed by atoms with Gasteiger partial charge in [0.1, 0.15) is 18.8 Å². The number of imide groups is 1. The molecule has 2 aromatic rings. The van der Waals surface area contributed by atoms with Gasteiger partial charge in [-0.2, -0.15) is 0 Å². The third kappa shape index (κ3) is 5.22. The summed E-state index contributed by atoms with van der Waals surface area (Å²) >= 11 is 0. The summed E-state index contributed by atoms with van der Waals surface area (Å²) in [6.45, 7) is 1.58. The normalized spacial score (nSPS) is 14.2. The second-order valence-corrected chi connectivity index (χ2v) is 6.70. The van der Waals surface area contributed by atoms with Crippen molar-refractivity contribution in [3.8, 4) is 23.8 Å². The minimum atomic E-state index is -0.670. The van der Waals surface area contributed by atoms with E-state index in [1.807, 2.05) is 13.0 Å². The molecule has 2 aromatic carbocycles. The lowest BCUT2D eigenvalue weighted by Gasteiger charge is -2.12. The molecular weight excluding hydrogens is 398 g/mol. The van der Waals surface area contributed by atoms with E-state index in [1.165, 1.54) is 13.2 Å². The predicted octanol–water partition coefficient (Wildman–Crippen LogP) is 2.55. The summed E-state index contributed by atoms with van der Waals surface area (Å²) < 4.78 is 10.7. The molecule has 0 spiro atoms. The first-order valence-corrected chi connectivity index (χ1v) is 9.36. The second-order valence-electron chi connectivity index (χ2n) is 6.70. The summed E-state index contributed by atoms with van der Waals surface area (Å²) in [5.41, 5.74) is 2.21. The Morgan fingerprint density at radius 2 is 2.03 bits per heavy atom. The average Bonchev–Trinajstić information content (AvgIpc) is 3.00. The first-order chi connectivity index (χ1) is 14.9. The summed E-state index contributed by atoms with van der Waals surface area (Å²) in [5, 5.41) is 5.16. The number of amides is 4. The number of terminal acetylenes is 1. The molecule has 0 radical (unpaired) electrons. The lowest BCUT2D eigenvalue weighted by Crippen LogP contribution is -2.38. The molecule has 8 nitrogen and oxygen atoms in total. The summed E-state index contributed by atoms with van der Waals surface area (Å²) in [5.74, 6) is 2.17. The SMILES string of the molecule is C#CCOc1ccc(C=C2NC(=O)N(CC(=O)Nc3cccc(C)c3)C2=O)cc1OC. The van der Waals surface area contributed by atoms with Gasteiger partial charge in [0, 0.05) is 5.69 Å². The molecule has 1 aliphatic heterocycles. The predicted molar refractivity (Wildman–Crippen MR) is 115 cm³/mol. The van der Waals surface area contributed by atoms with E-state index in [0.717, 1.165) is 10.5 Å². The molecule has 1 fully saturated rings. The lowest BCUT2D eigenvalue weighted by molar-refractivity contribution is -0.127. The van der Waals surface area contributed by atoms with E-state index < -0.39 is 24.4 Å². The van der Waals surface area contributed by atoms with Gasteiger partial charge < -0.3 is 20.1 Å². The van der Waals surface area contributed by atoms with Gasteiger partial charge in [0.2, 0.25) is 5.91 Å². The van der Waals surface area contributed by atoms with Gasteiger partial charge in [0.05, 0.1) is 7.11 Å². The van der Waals surface area contributed by atoms with Crippen LogP contribution in [0, 0.1) is 19.3 Å². The van der Waals surface area contributed by atoms with Crippen LogP contribution < -0.4 is 20.1 Å². The van der Waals surface area contributed by atoms with Crippen LogP contribution in [0.2, 0.25) is 0 Å². The third-order valence-corrected chi connectivity index (χ3v) is 4.38. The van der Waals surface area contributed by atoms with Gasteiger partial charge in [-0.25, -0.2) is 9.69 Å². The van der Waals surface area contributed by atoms with Crippen molar-refractivity contribution in [3.05, 3.63) is 59.3 Å². The van der Waals surface area contributed by atoms with E-state index in [-0.39, 0.29) is 12.3 Å². The van der Waals surface area contributed by atoms with Crippen LogP contribution in [0.25, 0.3) is 6.08 Å². The molecule has 0 bridgehead atoms. The molecule has 1 saturated heterocycles. The molecule has 1 aliphatic rings. The zero-order chi connectivity index (χ0) is 22.4. The number of nitrogens with zero attached hydrogens (tertiary/aromatic N) is 1. The summed E-state index contributed by atoms with van der Waals surface area (Å²) in [6, 6.07) is 11.5. The molecule has 158 valence electrons. The molecule has 4 amide bonds. The Bertz CT molecular complexity index is 1100. The van der Waals surface area contributed by atoms with Crippen LogP contribution in [-0.4, -0.2) is 43.0 Å². The van der Waals surface area contributed by atoms with Crippen LogP contribution in [0.1, 0.15) is 11.1 Å². The maximum Gasteiger partial charge on any atom is 0.329 e. The van der Waals surface area contributed by atoms with Crippen LogP contribution in [0.15, 0.2) is 48.2 Å². The quantitative estimate of drug-likeness (QED) is 0.408. The monoisotopic (exact) mass is 419 g/mol. The van der Waals surface area contributed by atoms with Crippen molar-refractivity contribution in [1.82, 2.24) is 10.2 Å². The van der Waals surface area contributed by atoms with Crippen molar-refractivity contribution in [2.75, 3.05) is 25.6 Å². The number of ether oxygens (including phenoxy) is 2. The van der Waals surface area contributed by atoms with Crippen molar-refractivity contribution >= 4 is 29.6 Å². The smallest absolute Gasteiger partial charge is 0.329 e. The fraction of sp³-hybridized carbons (Fsp3) is 0.174. The van der Waals surface area contributed by atoms with Crippen LogP contribution in [0.5, 0.6) is 11.5 Å². The maximum absolute atomic E-state index is 12.6. The number of benzene rings is 2. The van der Waals surface area contributed by atoms with E-state index in [4.69, 9.17) is 15.9 Å². The minimum absolute atomic E-state index is 0.0488. The highest BCUT2D eigenvalue weighted by Crippen LogP contribution is 2.29. The maximum atomic E-state index is 12.6. The molecule has 1 heterocycles. The number of carbonyl (C=O) groups is 3. The Hall–Kier alpha value is -4.25. The Kier molecular flexibility index (Phi) is 6.58. The molecule has 0 aromatic heterocycles. The highest BCUT2D eigenvalue weighted by atomic mass is 16.5. The standard InChI is InChI=1S/C23H21N3O5/c1-4-10-31-19-9-8-16(13-20(19)30-3)12-18-22(28)26(23(29)25-18)14-21(27)24-17-7-5-6-15(2)11-17/h1,5-9,11-13H,10,14H2,2-3H3,(H,24,27)(H,25,29). The Balaban J connectivity index is 1.71. The number of urea groups is 1. The summed E-state index contributed by atoms with van der Waals surface area (Å²) in [4.78, 5) is 38.0. The highest BCUT2D eigenvalue weighted by molar-refractivity contribution is 6.15. The number of carbonyl (C=O) groups excluding carboxylic acids is 3. The summed E-state index contributed by atoms with van der Waals surface area (Å²) in [6.07, 6.45) is 6.69. The molecule has 8 heteroatoms. The van der Waals surface area contributed by atoms with Crippen molar-refractivity contribution < 1.29 is 23.9 Å². The number of rotatable bonds is 7. The topological polar surface area (TPSA) is 97.0 Å². The molecule has 2 N–H and O–H groups in total. The van der Waals surface area contributed by atoms with Crippen LogP contribution in [0.4, 0.5) is 10.5 Å². The van der Waals surface area contributed by atoms with Crippen LogP contribution >= 0.6 is 0 Å². The molecule has 0 saturated carbocycles. The first-order valence-electron chi connectivity index (χ1n) is 9.36. The molecule has 0 atom stereocenters. The van der Waals surface area contributed by atoms with E-state index in [0.29, 0.717) is 22.7 Å². The fourth-order valence-electron chi connectivity index (χ4n) is 2.96. The number of anilines is 1. The van der Waals surface area contributed by atoms with Gasteiger partial charge in [-0.05, 0) is 48.4 Å². The molecule has 0 aliphatic carbocycles. The number of methoxy groups -OCH3 is 1.